The molecule has 17 heavy (non-hydrogen) atoms. The Morgan fingerprint density at radius 2 is 2.35 bits per heavy atom. The van der Waals surface area contributed by atoms with Gasteiger partial charge in [-0.1, -0.05) is 6.07 Å². The number of fused-ring (bicyclic) bond motifs is 1. The fraction of sp³-hybridized carbons (Fsp3) is 0.250. The molecule has 0 aliphatic rings. The van der Waals surface area contributed by atoms with Crippen molar-refractivity contribution in [1.82, 2.24) is 9.38 Å². The van der Waals surface area contributed by atoms with Crippen LogP contribution in [0.1, 0.15) is 12.6 Å². The molecule has 0 saturated carbocycles. The molecule has 0 saturated heterocycles. The monoisotopic (exact) mass is 229 g/mol. The minimum absolute atomic E-state index is 0.156. The van der Waals surface area contributed by atoms with Gasteiger partial charge in [0, 0.05) is 12.4 Å². The fourth-order valence-electron chi connectivity index (χ4n) is 1.54. The largest absolute Gasteiger partial charge is 0.466 e. The van der Waals surface area contributed by atoms with Gasteiger partial charge in [0.25, 0.3) is 0 Å². The highest BCUT2D eigenvalue weighted by Gasteiger charge is 2.08. The van der Waals surface area contributed by atoms with Crippen molar-refractivity contribution in [3.05, 3.63) is 41.6 Å². The summed E-state index contributed by atoms with van der Waals surface area (Å²) in [5.41, 5.74) is 1.90. The van der Waals surface area contributed by atoms with Gasteiger partial charge in [0.2, 0.25) is 5.69 Å². The minimum atomic E-state index is -0.290. The van der Waals surface area contributed by atoms with Gasteiger partial charge in [-0.15, -0.1) is 0 Å². The smallest absolute Gasteiger partial charge is 0.311 e. The highest BCUT2D eigenvalue weighted by atomic mass is 16.5. The minimum Gasteiger partial charge on any atom is -0.466 e. The lowest BCUT2D eigenvalue weighted by molar-refractivity contribution is -0.142. The maximum Gasteiger partial charge on any atom is 0.311 e. The van der Waals surface area contributed by atoms with Crippen LogP contribution < -0.4 is 0 Å². The normalized spacial score (nSPS) is 10.1. The maximum atomic E-state index is 11.3. The first kappa shape index (κ1) is 11.1. The predicted molar refractivity (Wildman–Crippen MR) is 61.8 cm³/mol. The average molecular weight is 229 g/mol. The zero-order chi connectivity index (χ0) is 12.3. The molecule has 0 aliphatic heterocycles. The Hall–Kier alpha value is -2.35. The summed E-state index contributed by atoms with van der Waals surface area (Å²) in [6.07, 6.45) is 3.58. The molecule has 0 fully saturated rings. The Morgan fingerprint density at radius 3 is 3.06 bits per heavy atom. The number of carbonyl (C=O) groups excluding carboxylic acids is 1. The second-order valence-corrected chi connectivity index (χ2v) is 3.48. The summed E-state index contributed by atoms with van der Waals surface area (Å²) in [5, 5.41) is 0. The molecule has 5 nitrogen and oxygen atoms in total. The number of nitrogens with zero attached hydrogens (tertiary/aromatic N) is 3. The van der Waals surface area contributed by atoms with Gasteiger partial charge in [-0.2, -0.15) is 0 Å². The van der Waals surface area contributed by atoms with Gasteiger partial charge in [0.05, 0.1) is 25.3 Å². The highest BCUT2D eigenvalue weighted by molar-refractivity contribution is 5.72. The van der Waals surface area contributed by atoms with Gasteiger partial charge in [0.1, 0.15) is 5.65 Å². The molecule has 0 N–H and O–H groups in total. The van der Waals surface area contributed by atoms with Crippen molar-refractivity contribution < 1.29 is 9.53 Å². The molecule has 2 aromatic heterocycles. The molecule has 2 rings (SSSR count). The molecule has 0 bridgehead atoms. The summed E-state index contributed by atoms with van der Waals surface area (Å²) in [7, 11) is 0. The van der Waals surface area contributed by atoms with E-state index in [1.165, 1.54) is 0 Å². The van der Waals surface area contributed by atoms with Crippen molar-refractivity contribution in [2.45, 2.75) is 13.3 Å². The summed E-state index contributed by atoms with van der Waals surface area (Å²) in [4.78, 5) is 18.9. The Balaban J connectivity index is 2.26. The molecule has 2 heterocycles. The summed E-state index contributed by atoms with van der Waals surface area (Å²) >= 11 is 0. The van der Waals surface area contributed by atoms with Crippen molar-refractivity contribution in [3.63, 3.8) is 0 Å². The Kier molecular flexibility index (Phi) is 3.06. The van der Waals surface area contributed by atoms with Gasteiger partial charge < -0.3 is 9.14 Å². The van der Waals surface area contributed by atoms with E-state index in [0.29, 0.717) is 18.0 Å². The summed E-state index contributed by atoms with van der Waals surface area (Å²) in [5.74, 6) is -0.290. The van der Waals surface area contributed by atoms with E-state index >= 15 is 0 Å². The van der Waals surface area contributed by atoms with Crippen LogP contribution in [-0.4, -0.2) is 22.0 Å². The molecule has 2 aromatic rings. The SMILES string of the molecule is [C-]#[N+]c1ccc2nc(CC(=O)OCC)cn2c1. The lowest BCUT2D eigenvalue weighted by Gasteiger charge is -1.97. The number of ether oxygens (including phenoxy) is 1. The van der Waals surface area contributed by atoms with Crippen LogP contribution in [-0.2, 0) is 16.0 Å². The number of carbonyl (C=O) groups is 1. The van der Waals surface area contributed by atoms with Crippen LogP contribution in [0.3, 0.4) is 0 Å². The van der Waals surface area contributed by atoms with E-state index < -0.39 is 0 Å². The molecular formula is C12H11N3O2. The molecule has 5 heteroatoms. The lowest BCUT2D eigenvalue weighted by atomic mass is 10.3. The van der Waals surface area contributed by atoms with Crippen LogP contribution in [0.4, 0.5) is 5.69 Å². The van der Waals surface area contributed by atoms with Crippen LogP contribution in [0.2, 0.25) is 0 Å². The van der Waals surface area contributed by atoms with Crippen molar-refractivity contribution in [2.75, 3.05) is 6.61 Å². The zero-order valence-electron chi connectivity index (χ0n) is 9.38. The summed E-state index contributed by atoms with van der Waals surface area (Å²) < 4.78 is 6.59. The van der Waals surface area contributed by atoms with Crippen LogP contribution in [0, 0.1) is 6.57 Å². The van der Waals surface area contributed by atoms with Gasteiger partial charge in [-0.05, 0) is 13.0 Å². The van der Waals surface area contributed by atoms with Crippen LogP contribution in [0.15, 0.2) is 24.5 Å². The molecule has 0 atom stereocenters. The number of hydrogen-bond donors (Lipinski definition) is 0. The van der Waals surface area contributed by atoms with E-state index in [0.717, 1.165) is 5.65 Å². The predicted octanol–water partition coefficient (Wildman–Crippen LogP) is 1.99. The van der Waals surface area contributed by atoms with Gasteiger partial charge in [-0.3, -0.25) is 4.79 Å². The molecule has 0 spiro atoms. The van der Waals surface area contributed by atoms with Crippen molar-refractivity contribution in [2.24, 2.45) is 0 Å². The van der Waals surface area contributed by atoms with Gasteiger partial charge >= 0.3 is 5.97 Å². The number of imidazole rings is 1. The Labute approximate surface area is 98.5 Å². The zero-order valence-corrected chi connectivity index (χ0v) is 9.38. The van der Waals surface area contributed by atoms with E-state index in [1.54, 1.807) is 35.9 Å². The molecule has 86 valence electrons. The van der Waals surface area contributed by atoms with Gasteiger partial charge in [-0.25, -0.2) is 9.83 Å². The second kappa shape index (κ2) is 4.66. The molecule has 0 radical (unpaired) electrons. The molecule has 0 aromatic carbocycles. The number of rotatable bonds is 3. The second-order valence-electron chi connectivity index (χ2n) is 3.48. The van der Waals surface area contributed by atoms with Crippen LogP contribution in [0.5, 0.6) is 0 Å². The number of aromatic nitrogens is 2. The number of hydrogen-bond acceptors (Lipinski definition) is 3. The van der Waals surface area contributed by atoms with Gasteiger partial charge in [0.15, 0.2) is 0 Å². The molecular weight excluding hydrogens is 218 g/mol. The topological polar surface area (TPSA) is 48.0 Å². The molecule has 0 amide bonds. The molecule has 0 unspecified atom stereocenters. The number of pyridine rings is 1. The Morgan fingerprint density at radius 1 is 1.53 bits per heavy atom. The third kappa shape index (κ3) is 2.42. The maximum absolute atomic E-state index is 11.3. The first-order valence-electron chi connectivity index (χ1n) is 5.23. The lowest BCUT2D eigenvalue weighted by Crippen LogP contribution is -2.07. The summed E-state index contributed by atoms with van der Waals surface area (Å²) in [6.45, 7) is 9.05. The van der Waals surface area contributed by atoms with E-state index in [9.17, 15) is 4.79 Å². The van der Waals surface area contributed by atoms with Crippen molar-refractivity contribution in [1.29, 1.82) is 0 Å². The number of esters is 1. The average Bonchev–Trinajstić information content (AvgIpc) is 2.69. The van der Waals surface area contributed by atoms with E-state index in [2.05, 4.69) is 9.83 Å². The molecule has 0 aliphatic carbocycles. The fourth-order valence-corrected chi connectivity index (χ4v) is 1.54. The van der Waals surface area contributed by atoms with Crippen molar-refractivity contribution in [3.8, 4) is 0 Å². The van der Waals surface area contributed by atoms with Crippen LogP contribution >= 0.6 is 0 Å². The van der Waals surface area contributed by atoms with E-state index in [1.807, 2.05) is 0 Å². The highest BCUT2D eigenvalue weighted by Crippen LogP contribution is 2.14. The summed E-state index contributed by atoms with van der Waals surface area (Å²) in [6, 6.07) is 3.45. The third-order valence-corrected chi connectivity index (χ3v) is 2.25. The third-order valence-electron chi connectivity index (χ3n) is 2.25. The van der Waals surface area contributed by atoms with E-state index in [-0.39, 0.29) is 12.4 Å². The first-order chi connectivity index (χ1) is 8.22. The van der Waals surface area contributed by atoms with Crippen LogP contribution in [0.25, 0.3) is 10.5 Å². The Bertz CT molecular complexity index is 595. The standard InChI is InChI=1S/C12H11N3O2/c1-3-17-12(16)6-10-8-15-7-9(13-2)4-5-11(15)14-10/h4-5,7-8H,3,6H2,1H3. The van der Waals surface area contributed by atoms with E-state index in [4.69, 9.17) is 11.3 Å². The van der Waals surface area contributed by atoms with Crippen molar-refractivity contribution >= 4 is 17.3 Å². The first-order valence-corrected chi connectivity index (χ1v) is 5.23. The quantitative estimate of drug-likeness (QED) is 0.597.